The number of halogens is 1. The number of sulfonamides is 1. The van der Waals surface area contributed by atoms with Crippen molar-refractivity contribution in [1.29, 1.82) is 0 Å². The number of methoxy groups -OCH3 is 1. The molecule has 0 radical (unpaired) electrons. The van der Waals surface area contributed by atoms with Crippen molar-refractivity contribution in [3.8, 4) is 0 Å². The molecule has 0 unspecified atom stereocenters. The summed E-state index contributed by atoms with van der Waals surface area (Å²) < 4.78 is 48.7. The highest BCUT2D eigenvalue weighted by molar-refractivity contribution is 7.92. The molecule has 2 aromatic carbocycles. The minimum Gasteiger partial charge on any atom is -0.468 e. The molecule has 0 N–H and O–H groups in total. The van der Waals surface area contributed by atoms with Crippen LogP contribution in [0.5, 0.6) is 0 Å². The lowest BCUT2D eigenvalue weighted by Crippen LogP contribution is -2.37. The van der Waals surface area contributed by atoms with Crippen molar-refractivity contribution < 1.29 is 22.3 Å². The van der Waals surface area contributed by atoms with E-state index >= 15 is 0 Å². The summed E-state index contributed by atoms with van der Waals surface area (Å²) in [5.74, 6) is -1.65. The van der Waals surface area contributed by atoms with E-state index in [4.69, 9.17) is 0 Å². The fraction of sp³-hybridized carbons (Fsp3) is 0.222. The number of anilines is 1. The molecule has 0 aliphatic carbocycles. The molecule has 10 heteroatoms. The molecule has 28 heavy (non-hydrogen) atoms. The van der Waals surface area contributed by atoms with Gasteiger partial charge in [-0.3, -0.25) is 18.2 Å². The van der Waals surface area contributed by atoms with E-state index in [0.717, 1.165) is 13.2 Å². The molecule has 8 nitrogen and oxygen atoms in total. The number of rotatable bonds is 5. The summed E-state index contributed by atoms with van der Waals surface area (Å²) in [5.41, 5.74) is 0.331. The minimum absolute atomic E-state index is 0.187. The van der Waals surface area contributed by atoms with Gasteiger partial charge in [0.15, 0.2) is 0 Å². The van der Waals surface area contributed by atoms with Crippen LogP contribution in [0.15, 0.2) is 52.2 Å². The average Bonchev–Trinajstić information content (AvgIpc) is 2.90. The van der Waals surface area contributed by atoms with Crippen LogP contribution in [0.4, 0.5) is 10.1 Å². The van der Waals surface area contributed by atoms with E-state index in [0.29, 0.717) is 15.3 Å². The van der Waals surface area contributed by atoms with Crippen molar-refractivity contribution in [3.05, 3.63) is 58.8 Å². The van der Waals surface area contributed by atoms with Crippen LogP contribution < -0.4 is 9.99 Å². The van der Waals surface area contributed by atoms with Gasteiger partial charge in [-0.25, -0.2) is 17.6 Å². The van der Waals surface area contributed by atoms with Gasteiger partial charge >= 0.3 is 11.7 Å². The first-order chi connectivity index (χ1) is 13.2. The molecule has 0 atom stereocenters. The lowest BCUT2D eigenvalue weighted by Gasteiger charge is -2.23. The van der Waals surface area contributed by atoms with E-state index in [-0.39, 0.29) is 16.3 Å². The lowest BCUT2D eigenvalue weighted by atomic mass is 10.3. The highest BCUT2D eigenvalue weighted by Gasteiger charge is 2.30. The van der Waals surface area contributed by atoms with E-state index in [1.54, 1.807) is 7.05 Å². The molecule has 1 aromatic heterocycles. The average molecular weight is 407 g/mol. The highest BCUT2D eigenvalue weighted by atomic mass is 32.2. The second-order valence-electron chi connectivity index (χ2n) is 6.09. The number of imidazole rings is 1. The van der Waals surface area contributed by atoms with E-state index in [1.165, 1.54) is 52.6 Å². The zero-order valence-corrected chi connectivity index (χ0v) is 16.2. The molecule has 0 saturated carbocycles. The number of hydrogen-bond donors (Lipinski definition) is 0. The molecule has 0 aliphatic rings. The Balaban J connectivity index is 2.20. The van der Waals surface area contributed by atoms with Crippen LogP contribution in [0, 0.1) is 5.82 Å². The number of fused-ring (bicyclic) bond motifs is 1. The Kier molecular flexibility index (Phi) is 4.99. The third kappa shape index (κ3) is 3.15. The predicted octanol–water partition coefficient (Wildman–Crippen LogP) is 1.38. The summed E-state index contributed by atoms with van der Waals surface area (Å²) >= 11 is 0. The molecule has 1 heterocycles. The Bertz CT molecular complexity index is 1230. The summed E-state index contributed by atoms with van der Waals surface area (Å²) in [4.78, 5) is 23.7. The molecular formula is C18H18FN3O5S. The smallest absolute Gasteiger partial charge is 0.328 e. The number of hydrogen-bond acceptors (Lipinski definition) is 5. The van der Waals surface area contributed by atoms with Gasteiger partial charge in [-0.15, -0.1) is 0 Å². The van der Waals surface area contributed by atoms with Crippen molar-refractivity contribution in [3.63, 3.8) is 0 Å². The predicted molar refractivity (Wildman–Crippen MR) is 101 cm³/mol. The van der Waals surface area contributed by atoms with Gasteiger partial charge in [-0.2, -0.15) is 0 Å². The van der Waals surface area contributed by atoms with Crippen molar-refractivity contribution >= 4 is 32.7 Å². The van der Waals surface area contributed by atoms with Crippen LogP contribution in [-0.4, -0.2) is 37.2 Å². The van der Waals surface area contributed by atoms with Crippen molar-refractivity contribution in [2.75, 3.05) is 18.0 Å². The molecule has 0 aliphatic heterocycles. The van der Waals surface area contributed by atoms with E-state index in [2.05, 4.69) is 4.74 Å². The normalized spacial score (nSPS) is 11.6. The number of esters is 1. The Morgan fingerprint density at radius 2 is 1.75 bits per heavy atom. The van der Waals surface area contributed by atoms with Crippen LogP contribution in [0.2, 0.25) is 0 Å². The molecule has 0 saturated heterocycles. The van der Waals surface area contributed by atoms with E-state index in [9.17, 15) is 22.4 Å². The van der Waals surface area contributed by atoms with Gasteiger partial charge in [0, 0.05) is 14.1 Å². The Hall–Kier alpha value is -3.14. The number of aryl methyl sites for hydroxylation is 2. The summed E-state index contributed by atoms with van der Waals surface area (Å²) in [6.07, 6.45) is 0. The molecule has 148 valence electrons. The minimum atomic E-state index is -4.33. The van der Waals surface area contributed by atoms with Crippen molar-refractivity contribution in [2.45, 2.75) is 4.90 Å². The number of para-hydroxylation sites is 1. The summed E-state index contributed by atoms with van der Waals surface area (Å²) in [6.45, 7) is -0.703. The van der Waals surface area contributed by atoms with Gasteiger partial charge in [0.05, 0.1) is 28.7 Å². The first-order valence-electron chi connectivity index (χ1n) is 8.18. The maximum atomic E-state index is 14.3. The Morgan fingerprint density at radius 1 is 1.11 bits per heavy atom. The Morgan fingerprint density at radius 3 is 2.39 bits per heavy atom. The maximum Gasteiger partial charge on any atom is 0.328 e. The number of benzene rings is 2. The van der Waals surface area contributed by atoms with E-state index in [1.807, 2.05) is 0 Å². The van der Waals surface area contributed by atoms with Crippen LogP contribution in [0.1, 0.15) is 0 Å². The quantitative estimate of drug-likeness (QED) is 0.596. The second kappa shape index (κ2) is 7.12. The second-order valence-corrected chi connectivity index (χ2v) is 7.95. The first-order valence-corrected chi connectivity index (χ1v) is 9.62. The highest BCUT2D eigenvalue weighted by Crippen LogP contribution is 2.27. The molecule has 0 amide bonds. The summed E-state index contributed by atoms with van der Waals surface area (Å²) in [7, 11) is -0.125. The fourth-order valence-electron chi connectivity index (χ4n) is 2.91. The van der Waals surface area contributed by atoms with Gasteiger partial charge in [0.25, 0.3) is 10.0 Å². The fourth-order valence-corrected chi connectivity index (χ4v) is 4.35. The summed E-state index contributed by atoms with van der Waals surface area (Å²) in [5, 5.41) is 0. The molecule has 0 fully saturated rings. The largest absolute Gasteiger partial charge is 0.468 e. The number of ether oxygens (including phenoxy) is 1. The maximum absolute atomic E-state index is 14.3. The number of aromatic nitrogens is 2. The molecular weight excluding hydrogens is 389 g/mol. The standard InChI is InChI=1S/C18H18FN3O5S/c1-20-15-9-8-12(10-16(15)21(2)18(20)24)28(25,26)22(11-17(23)27-3)14-7-5-4-6-13(14)19/h4-10H,11H2,1-3H3. The SMILES string of the molecule is COC(=O)CN(c1ccccc1F)S(=O)(=O)c1ccc2c(c1)n(C)c(=O)n2C. The van der Waals surface area contributed by atoms with Crippen LogP contribution in [-0.2, 0) is 33.7 Å². The van der Waals surface area contributed by atoms with Crippen LogP contribution in [0.3, 0.4) is 0 Å². The number of carbonyl (C=O) groups excluding carboxylic acids is 1. The van der Waals surface area contributed by atoms with Gasteiger partial charge in [0.2, 0.25) is 0 Å². The molecule has 3 rings (SSSR count). The molecule has 0 spiro atoms. The number of nitrogens with zero attached hydrogens (tertiary/aromatic N) is 3. The summed E-state index contributed by atoms with van der Waals surface area (Å²) in [6, 6.07) is 9.34. The van der Waals surface area contributed by atoms with Crippen molar-refractivity contribution in [2.24, 2.45) is 14.1 Å². The van der Waals surface area contributed by atoms with Gasteiger partial charge in [0.1, 0.15) is 12.4 Å². The van der Waals surface area contributed by atoms with Crippen molar-refractivity contribution in [1.82, 2.24) is 9.13 Å². The monoisotopic (exact) mass is 407 g/mol. The first kappa shape index (κ1) is 19.6. The third-order valence-corrected chi connectivity index (χ3v) is 6.21. The third-order valence-electron chi connectivity index (χ3n) is 4.45. The van der Waals surface area contributed by atoms with Gasteiger partial charge in [-0.1, -0.05) is 12.1 Å². The van der Waals surface area contributed by atoms with E-state index < -0.39 is 28.4 Å². The topological polar surface area (TPSA) is 90.6 Å². The van der Waals surface area contributed by atoms with Gasteiger partial charge in [-0.05, 0) is 30.3 Å². The molecule has 0 bridgehead atoms. The van der Waals surface area contributed by atoms with Gasteiger partial charge < -0.3 is 4.74 Å². The lowest BCUT2D eigenvalue weighted by molar-refractivity contribution is -0.138. The molecule has 3 aromatic rings. The van der Waals surface area contributed by atoms with Crippen LogP contribution >= 0.6 is 0 Å². The number of carbonyl (C=O) groups is 1. The zero-order valence-electron chi connectivity index (χ0n) is 15.4. The Labute approximate surface area is 160 Å². The zero-order chi connectivity index (χ0) is 20.6. The van der Waals surface area contributed by atoms with Crippen LogP contribution in [0.25, 0.3) is 11.0 Å².